The second kappa shape index (κ2) is 7.85. The lowest BCUT2D eigenvalue weighted by Crippen LogP contribution is -2.11. The standard InChI is InChI=1S/C15H17BrO4/c1-4-7-10-8-11(16)15(20-14(18)6-3)12(9-10)19-13(17)5-2/h4,8-9H,1,5-7H2,2-3H3. The lowest BCUT2D eigenvalue weighted by Gasteiger charge is -2.13. The van der Waals surface area contributed by atoms with Crippen molar-refractivity contribution in [3.63, 3.8) is 0 Å². The fourth-order valence-electron chi connectivity index (χ4n) is 1.46. The van der Waals surface area contributed by atoms with E-state index in [0.29, 0.717) is 10.9 Å². The molecule has 0 N–H and O–H groups in total. The van der Waals surface area contributed by atoms with E-state index in [1.807, 2.05) is 6.07 Å². The number of esters is 2. The summed E-state index contributed by atoms with van der Waals surface area (Å²) in [6, 6.07) is 3.49. The zero-order chi connectivity index (χ0) is 15.1. The fourth-order valence-corrected chi connectivity index (χ4v) is 2.03. The Labute approximate surface area is 126 Å². The first-order valence-electron chi connectivity index (χ1n) is 6.36. The zero-order valence-electron chi connectivity index (χ0n) is 11.6. The molecule has 0 radical (unpaired) electrons. The molecule has 0 aliphatic heterocycles. The third-order valence-electron chi connectivity index (χ3n) is 2.47. The molecule has 5 heteroatoms. The van der Waals surface area contributed by atoms with E-state index < -0.39 is 5.97 Å². The van der Waals surface area contributed by atoms with E-state index in [2.05, 4.69) is 22.5 Å². The molecule has 0 fully saturated rings. The number of allylic oxidation sites excluding steroid dienone is 1. The minimum Gasteiger partial charge on any atom is -0.422 e. The van der Waals surface area contributed by atoms with Crippen molar-refractivity contribution in [3.05, 3.63) is 34.8 Å². The highest BCUT2D eigenvalue weighted by Crippen LogP contribution is 2.37. The second-order valence-corrected chi connectivity index (χ2v) is 4.91. The van der Waals surface area contributed by atoms with Gasteiger partial charge in [-0.1, -0.05) is 19.9 Å². The van der Waals surface area contributed by atoms with Crippen molar-refractivity contribution >= 4 is 27.9 Å². The van der Waals surface area contributed by atoms with Crippen LogP contribution in [0, 0.1) is 0 Å². The van der Waals surface area contributed by atoms with Gasteiger partial charge in [0.2, 0.25) is 0 Å². The van der Waals surface area contributed by atoms with Crippen LogP contribution in [0.2, 0.25) is 0 Å². The molecule has 1 rings (SSSR count). The van der Waals surface area contributed by atoms with Crippen LogP contribution in [0.5, 0.6) is 11.5 Å². The second-order valence-electron chi connectivity index (χ2n) is 4.05. The molecule has 1 aromatic carbocycles. The van der Waals surface area contributed by atoms with Gasteiger partial charge < -0.3 is 9.47 Å². The van der Waals surface area contributed by atoms with Gasteiger partial charge in [-0.25, -0.2) is 0 Å². The van der Waals surface area contributed by atoms with E-state index in [1.165, 1.54) is 0 Å². The van der Waals surface area contributed by atoms with Gasteiger partial charge in [-0.2, -0.15) is 0 Å². The maximum Gasteiger partial charge on any atom is 0.311 e. The first kappa shape index (κ1) is 16.4. The van der Waals surface area contributed by atoms with Gasteiger partial charge in [-0.3, -0.25) is 9.59 Å². The van der Waals surface area contributed by atoms with Crippen molar-refractivity contribution in [1.29, 1.82) is 0 Å². The Bertz CT molecular complexity index is 523. The van der Waals surface area contributed by atoms with Crippen LogP contribution in [-0.4, -0.2) is 11.9 Å². The molecule has 0 aliphatic carbocycles. The topological polar surface area (TPSA) is 52.6 Å². The molecular weight excluding hydrogens is 324 g/mol. The molecule has 0 unspecified atom stereocenters. The average molecular weight is 341 g/mol. The van der Waals surface area contributed by atoms with E-state index in [-0.39, 0.29) is 30.3 Å². The van der Waals surface area contributed by atoms with Crippen molar-refractivity contribution in [2.75, 3.05) is 0 Å². The quantitative estimate of drug-likeness (QED) is 0.449. The van der Waals surface area contributed by atoms with Crippen molar-refractivity contribution in [3.8, 4) is 11.5 Å². The fraction of sp³-hybridized carbons (Fsp3) is 0.333. The van der Waals surface area contributed by atoms with Gasteiger partial charge in [0.25, 0.3) is 0 Å². The summed E-state index contributed by atoms with van der Waals surface area (Å²) in [6.45, 7) is 7.06. The molecule has 0 aliphatic rings. The van der Waals surface area contributed by atoms with Gasteiger partial charge in [0.15, 0.2) is 11.5 Å². The zero-order valence-corrected chi connectivity index (χ0v) is 13.2. The van der Waals surface area contributed by atoms with Gasteiger partial charge in [0.05, 0.1) is 4.47 Å². The van der Waals surface area contributed by atoms with Crippen LogP contribution < -0.4 is 9.47 Å². The molecule has 0 bridgehead atoms. The first-order chi connectivity index (χ1) is 9.51. The molecule has 108 valence electrons. The Balaban J connectivity index is 3.20. The number of hydrogen-bond donors (Lipinski definition) is 0. The molecule has 1 aromatic rings. The van der Waals surface area contributed by atoms with E-state index in [4.69, 9.17) is 9.47 Å². The molecule has 0 heterocycles. The van der Waals surface area contributed by atoms with E-state index in [0.717, 1.165) is 5.56 Å². The van der Waals surface area contributed by atoms with Crippen molar-refractivity contribution < 1.29 is 19.1 Å². The number of rotatable bonds is 6. The number of ether oxygens (including phenoxy) is 2. The molecule has 0 saturated carbocycles. The van der Waals surface area contributed by atoms with Crippen LogP contribution in [-0.2, 0) is 16.0 Å². The molecule has 0 spiro atoms. The van der Waals surface area contributed by atoms with E-state index in [1.54, 1.807) is 26.0 Å². The lowest BCUT2D eigenvalue weighted by atomic mass is 10.1. The summed E-state index contributed by atoms with van der Waals surface area (Å²) in [5, 5.41) is 0. The summed E-state index contributed by atoms with van der Waals surface area (Å²) in [4.78, 5) is 22.9. The summed E-state index contributed by atoms with van der Waals surface area (Å²) < 4.78 is 11.0. The van der Waals surface area contributed by atoms with Crippen molar-refractivity contribution in [2.24, 2.45) is 0 Å². The molecule has 20 heavy (non-hydrogen) atoms. The van der Waals surface area contributed by atoms with Crippen LogP contribution in [0.3, 0.4) is 0 Å². The summed E-state index contributed by atoms with van der Waals surface area (Å²) >= 11 is 3.33. The third-order valence-corrected chi connectivity index (χ3v) is 3.06. The highest BCUT2D eigenvalue weighted by molar-refractivity contribution is 9.10. The number of carbonyl (C=O) groups is 2. The smallest absolute Gasteiger partial charge is 0.311 e. The minimum atomic E-state index is -0.393. The van der Waals surface area contributed by atoms with Gasteiger partial charge in [0.1, 0.15) is 0 Å². The Kier molecular flexibility index (Phi) is 6.45. The van der Waals surface area contributed by atoms with Crippen LogP contribution in [0.1, 0.15) is 32.3 Å². The number of carbonyl (C=O) groups excluding carboxylic acids is 2. The number of hydrogen-bond acceptors (Lipinski definition) is 4. The van der Waals surface area contributed by atoms with Gasteiger partial charge in [-0.05, 0) is 40.0 Å². The van der Waals surface area contributed by atoms with E-state index in [9.17, 15) is 9.59 Å². The molecule has 0 aromatic heterocycles. The maximum atomic E-state index is 11.5. The van der Waals surface area contributed by atoms with Gasteiger partial charge in [0, 0.05) is 12.8 Å². The van der Waals surface area contributed by atoms with Crippen molar-refractivity contribution in [1.82, 2.24) is 0 Å². The van der Waals surface area contributed by atoms with Crippen LogP contribution in [0.25, 0.3) is 0 Å². The summed E-state index contributed by atoms with van der Waals surface area (Å²) in [6.07, 6.45) is 2.84. The predicted molar refractivity (Wildman–Crippen MR) is 79.9 cm³/mol. The molecule has 0 atom stereocenters. The molecule has 4 nitrogen and oxygen atoms in total. The maximum absolute atomic E-state index is 11.5. The molecular formula is C15H17BrO4. The van der Waals surface area contributed by atoms with Crippen LogP contribution >= 0.6 is 15.9 Å². The summed E-state index contributed by atoms with van der Waals surface area (Å²) in [5.74, 6) is -0.311. The number of benzene rings is 1. The highest BCUT2D eigenvalue weighted by Gasteiger charge is 2.17. The number of halogens is 1. The average Bonchev–Trinajstić information content (AvgIpc) is 2.42. The SMILES string of the molecule is C=CCc1cc(Br)c(OC(=O)CC)c(OC(=O)CC)c1. The van der Waals surface area contributed by atoms with E-state index >= 15 is 0 Å². The van der Waals surface area contributed by atoms with Crippen LogP contribution in [0.4, 0.5) is 0 Å². The largest absolute Gasteiger partial charge is 0.422 e. The predicted octanol–water partition coefficient (Wildman–Crippen LogP) is 3.81. The Morgan fingerprint density at radius 3 is 2.35 bits per heavy atom. The monoisotopic (exact) mass is 340 g/mol. The summed E-state index contributed by atoms with van der Waals surface area (Å²) in [7, 11) is 0. The Hall–Kier alpha value is -1.62. The third kappa shape index (κ3) is 4.49. The Morgan fingerprint density at radius 2 is 1.80 bits per heavy atom. The Morgan fingerprint density at radius 1 is 1.20 bits per heavy atom. The lowest BCUT2D eigenvalue weighted by molar-refractivity contribution is -0.136. The normalized spacial score (nSPS) is 9.95. The molecule has 0 saturated heterocycles. The molecule has 0 amide bonds. The van der Waals surface area contributed by atoms with Gasteiger partial charge in [-0.15, -0.1) is 6.58 Å². The first-order valence-corrected chi connectivity index (χ1v) is 7.15. The van der Waals surface area contributed by atoms with Gasteiger partial charge >= 0.3 is 11.9 Å². The van der Waals surface area contributed by atoms with Crippen LogP contribution in [0.15, 0.2) is 29.3 Å². The highest BCUT2D eigenvalue weighted by atomic mass is 79.9. The van der Waals surface area contributed by atoms with Crippen molar-refractivity contribution in [2.45, 2.75) is 33.1 Å². The minimum absolute atomic E-state index is 0.228. The summed E-state index contributed by atoms with van der Waals surface area (Å²) in [5.41, 5.74) is 0.905.